The first-order valence-electron chi connectivity index (χ1n) is 4.66. The number of pyridine rings is 1. The lowest BCUT2D eigenvalue weighted by molar-refractivity contribution is 0.511. The van der Waals surface area contributed by atoms with Crippen molar-refractivity contribution in [3.8, 4) is 11.3 Å². The van der Waals surface area contributed by atoms with E-state index in [1.54, 1.807) is 0 Å². The summed E-state index contributed by atoms with van der Waals surface area (Å²) in [6.45, 7) is 1.54. The summed E-state index contributed by atoms with van der Waals surface area (Å²) in [6, 6.07) is 5.19. The van der Waals surface area contributed by atoms with E-state index in [1.807, 2.05) is 0 Å². The Morgan fingerprint density at radius 1 is 1.06 bits per heavy atom. The lowest BCUT2D eigenvalue weighted by Crippen LogP contribution is -1.93. The van der Waals surface area contributed by atoms with Gasteiger partial charge < -0.3 is 0 Å². The molecule has 0 aliphatic carbocycles. The fourth-order valence-electron chi connectivity index (χ4n) is 1.39. The highest BCUT2D eigenvalue weighted by atomic mass is 19.2. The van der Waals surface area contributed by atoms with E-state index in [1.165, 1.54) is 25.1 Å². The van der Waals surface area contributed by atoms with Crippen molar-refractivity contribution in [2.75, 3.05) is 0 Å². The molecule has 0 bridgehead atoms. The van der Waals surface area contributed by atoms with Gasteiger partial charge in [-0.05, 0) is 30.7 Å². The number of halogens is 3. The first kappa shape index (κ1) is 10.7. The maximum Gasteiger partial charge on any atom is 0.168 e. The monoisotopic (exact) mass is 223 g/mol. The van der Waals surface area contributed by atoms with Crippen molar-refractivity contribution in [3.05, 3.63) is 53.5 Å². The molecule has 1 aromatic heterocycles. The Morgan fingerprint density at radius 2 is 1.81 bits per heavy atom. The lowest BCUT2D eigenvalue weighted by atomic mass is 10.1. The van der Waals surface area contributed by atoms with E-state index in [-0.39, 0.29) is 11.3 Å². The number of nitrogens with zero attached hydrogens (tertiary/aromatic N) is 1. The van der Waals surface area contributed by atoms with E-state index in [0.29, 0.717) is 5.56 Å². The predicted octanol–water partition coefficient (Wildman–Crippen LogP) is 3.47. The summed E-state index contributed by atoms with van der Waals surface area (Å²) >= 11 is 0. The van der Waals surface area contributed by atoms with Crippen LogP contribution < -0.4 is 0 Å². The van der Waals surface area contributed by atoms with Crippen molar-refractivity contribution in [1.82, 2.24) is 4.98 Å². The van der Waals surface area contributed by atoms with Gasteiger partial charge in [0.1, 0.15) is 5.82 Å². The molecule has 0 fully saturated rings. The molecule has 0 amide bonds. The van der Waals surface area contributed by atoms with E-state index in [9.17, 15) is 13.2 Å². The van der Waals surface area contributed by atoms with Crippen molar-refractivity contribution < 1.29 is 13.2 Å². The molecule has 0 radical (unpaired) electrons. The molecule has 16 heavy (non-hydrogen) atoms. The molecule has 1 aromatic carbocycles. The van der Waals surface area contributed by atoms with Crippen LogP contribution in [0.4, 0.5) is 13.2 Å². The topological polar surface area (TPSA) is 12.9 Å². The van der Waals surface area contributed by atoms with Gasteiger partial charge in [0, 0.05) is 5.56 Å². The van der Waals surface area contributed by atoms with Crippen LogP contribution in [0.1, 0.15) is 5.56 Å². The van der Waals surface area contributed by atoms with Crippen molar-refractivity contribution in [1.29, 1.82) is 0 Å². The zero-order valence-electron chi connectivity index (χ0n) is 8.47. The molecule has 4 heteroatoms. The Kier molecular flexibility index (Phi) is 2.64. The van der Waals surface area contributed by atoms with Gasteiger partial charge in [-0.3, -0.25) is 4.98 Å². The van der Waals surface area contributed by atoms with E-state index < -0.39 is 17.5 Å². The summed E-state index contributed by atoms with van der Waals surface area (Å²) in [6.07, 6.45) is 0.995. The maximum atomic E-state index is 13.4. The van der Waals surface area contributed by atoms with Crippen molar-refractivity contribution in [2.24, 2.45) is 0 Å². The van der Waals surface area contributed by atoms with Gasteiger partial charge in [-0.15, -0.1) is 0 Å². The van der Waals surface area contributed by atoms with Gasteiger partial charge in [-0.25, -0.2) is 13.2 Å². The van der Waals surface area contributed by atoms with Crippen LogP contribution in [0.15, 0.2) is 30.5 Å². The van der Waals surface area contributed by atoms with E-state index >= 15 is 0 Å². The molecule has 0 atom stereocenters. The summed E-state index contributed by atoms with van der Waals surface area (Å²) in [5, 5.41) is 0. The smallest absolute Gasteiger partial charge is 0.168 e. The van der Waals surface area contributed by atoms with Crippen LogP contribution >= 0.6 is 0 Å². The standard InChI is InChI=1S/C12H8F3N/c1-7-5-11(16-6-10(7)14)8-3-2-4-9(13)12(8)15/h2-6H,1H3. The summed E-state index contributed by atoms with van der Waals surface area (Å²) in [5.74, 6) is -2.39. The number of aryl methyl sites for hydroxylation is 1. The highest BCUT2D eigenvalue weighted by molar-refractivity contribution is 5.60. The third kappa shape index (κ3) is 1.78. The molecular weight excluding hydrogens is 215 g/mol. The van der Waals surface area contributed by atoms with Crippen LogP contribution in [-0.4, -0.2) is 4.98 Å². The molecule has 0 saturated carbocycles. The molecule has 0 aliphatic heterocycles. The molecule has 1 nitrogen and oxygen atoms in total. The minimum absolute atomic E-state index is 0.0306. The second-order valence-corrected chi connectivity index (χ2v) is 3.42. The predicted molar refractivity (Wildman–Crippen MR) is 54.3 cm³/mol. The quantitative estimate of drug-likeness (QED) is 0.721. The number of rotatable bonds is 1. The fraction of sp³-hybridized carbons (Fsp3) is 0.0833. The molecule has 82 valence electrons. The normalized spacial score (nSPS) is 10.5. The number of hydrogen-bond acceptors (Lipinski definition) is 1. The van der Waals surface area contributed by atoms with Crippen LogP contribution in [0.25, 0.3) is 11.3 Å². The molecule has 2 aromatic rings. The SMILES string of the molecule is Cc1cc(-c2cccc(F)c2F)ncc1F. The first-order valence-corrected chi connectivity index (χ1v) is 4.66. The maximum absolute atomic E-state index is 13.4. The minimum atomic E-state index is -0.971. The fourth-order valence-corrected chi connectivity index (χ4v) is 1.39. The van der Waals surface area contributed by atoms with Crippen LogP contribution in [0.2, 0.25) is 0 Å². The minimum Gasteiger partial charge on any atom is -0.253 e. The highest BCUT2D eigenvalue weighted by Gasteiger charge is 2.11. The molecule has 0 spiro atoms. The zero-order valence-corrected chi connectivity index (χ0v) is 8.47. The van der Waals surface area contributed by atoms with Crippen molar-refractivity contribution >= 4 is 0 Å². The van der Waals surface area contributed by atoms with Gasteiger partial charge >= 0.3 is 0 Å². The molecule has 2 rings (SSSR count). The van der Waals surface area contributed by atoms with E-state index in [2.05, 4.69) is 4.98 Å². The van der Waals surface area contributed by atoms with Crippen LogP contribution in [0, 0.1) is 24.4 Å². The second-order valence-electron chi connectivity index (χ2n) is 3.42. The Morgan fingerprint density at radius 3 is 2.50 bits per heavy atom. The summed E-state index contributed by atoms with van der Waals surface area (Å²) < 4.78 is 39.3. The third-order valence-electron chi connectivity index (χ3n) is 2.27. The molecule has 1 heterocycles. The summed E-state index contributed by atoms with van der Waals surface area (Å²) in [7, 11) is 0. The van der Waals surface area contributed by atoms with E-state index in [4.69, 9.17) is 0 Å². The zero-order chi connectivity index (χ0) is 11.7. The summed E-state index contributed by atoms with van der Waals surface area (Å²) in [5.41, 5.74) is 0.590. The van der Waals surface area contributed by atoms with Gasteiger partial charge in [0.05, 0.1) is 11.9 Å². The van der Waals surface area contributed by atoms with Crippen LogP contribution in [-0.2, 0) is 0 Å². The van der Waals surface area contributed by atoms with Gasteiger partial charge in [0.15, 0.2) is 11.6 Å². The molecular formula is C12H8F3N. The number of aromatic nitrogens is 1. The largest absolute Gasteiger partial charge is 0.253 e. The van der Waals surface area contributed by atoms with Crippen molar-refractivity contribution in [3.63, 3.8) is 0 Å². The Labute approximate surface area is 90.6 Å². The van der Waals surface area contributed by atoms with Crippen LogP contribution in [0.3, 0.4) is 0 Å². The Balaban J connectivity index is 2.59. The van der Waals surface area contributed by atoms with Gasteiger partial charge in [0.2, 0.25) is 0 Å². The molecule has 0 unspecified atom stereocenters. The first-order chi connectivity index (χ1) is 7.59. The van der Waals surface area contributed by atoms with Gasteiger partial charge in [-0.1, -0.05) is 6.07 Å². The Bertz CT molecular complexity index is 538. The number of hydrogen-bond donors (Lipinski definition) is 0. The van der Waals surface area contributed by atoms with Crippen LogP contribution in [0.5, 0.6) is 0 Å². The highest BCUT2D eigenvalue weighted by Crippen LogP contribution is 2.23. The third-order valence-corrected chi connectivity index (χ3v) is 2.27. The average molecular weight is 223 g/mol. The summed E-state index contributed by atoms with van der Waals surface area (Å²) in [4.78, 5) is 3.73. The second kappa shape index (κ2) is 3.96. The number of benzene rings is 1. The molecule has 0 saturated heterocycles. The van der Waals surface area contributed by atoms with Gasteiger partial charge in [0.25, 0.3) is 0 Å². The lowest BCUT2D eigenvalue weighted by Gasteiger charge is -2.04. The van der Waals surface area contributed by atoms with Crippen molar-refractivity contribution in [2.45, 2.75) is 6.92 Å². The average Bonchev–Trinajstić information content (AvgIpc) is 2.26. The molecule has 0 aliphatic rings. The van der Waals surface area contributed by atoms with Gasteiger partial charge in [-0.2, -0.15) is 0 Å². The van der Waals surface area contributed by atoms with E-state index in [0.717, 1.165) is 12.3 Å². The Hall–Kier alpha value is -1.84. The molecule has 0 N–H and O–H groups in total.